The molecule has 26 heavy (non-hydrogen) atoms. The van der Waals surface area contributed by atoms with Crippen LogP contribution in [0.4, 0.5) is 5.82 Å². The van der Waals surface area contributed by atoms with Crippen LogP contribution < -0.4 is 15.0 Å². The maximum atomic E-state index is 12.3. The number of rotatable bonds is 8. The van der Waals surface area contributed by atoms with Gasteiger partial charge >= 0.3 is 0 Å². The molecule has 0 saturated heterocycles. The van der Waals surface area contributed by atoms with E-state index in [0.717, 1.165) is 30.0 Å². The fraction of sp³-hybridized carbons (Fsp3) is 0.400. The highest BCUT2D eigenvalue weighted by Crippen LogP contribution is 2.22. The lowest BCUT2D eigenvalue weighted by molar-refractivity contribution is -0.127. The number of pyridine rings is 1. The van der Waals surface area contributed by atoms with E-state index in [1.54, 1.807) is 25.3 Å². The van der Waals surface area contributed by atoms with Crippen molar-refractivity contribution in [2.24, 2.45) is 0 Å². The standard InChI is InChI=1S/C20H26ClN3O2/c1-5-24(6-2)19-10-7-16(12-22-19)13-23-20(25)15(4)26-18-9-8-17(21)11-14(18)3/h7-12,15H,5-6,13H2,1-4H3,(H,23,25)/t15-/m1/s1. The van der Waals surface area contributed by atoms with Crippen molar-refractivity contribution in [1.29, 1.82) is 0 Å². The average Bonchev–Trinajstić information content (AvgIpc) is 2.64. The summed E-state index contributed by atoms with van der Waals surface area (Å²) in [5.41, 5.74) is 1.84. The molecule has 0 unspecified atom stereocenters. The molecule has 6 heteroatoms. The van der Waals surface area contributed by atoms with E-state index in [4.69, 9.17) is 16.3 Å². The Morgan fingerprint density at radius 3 is 2.58 bits per heavy atom. The van der Waals surface area contributed by atoms with E-state index in [2.05, 4.69) is 29.0 Å². The van der Waals surface area contributed by atoms with Crippen molar-refractivity contribution < 1.29 is 9.53 Å². The highest BCUT2D eigenvalue weighted by atomic mass is 35.5. The smallest absolute Gasteiger partial charge is 0.261 e. The number of amides is 1. The second-order valence-corrected chi connectivity index (χ2v) is 6.52. The lowest BCUT2D eigenvalue weighted by Gasteiger charge is -2.20. The van der Waals surface area contributed by atoms with Gasteiger partial charge in [-0.05, 0) is 63.1 Å². The fourth-order valence-electron chi connectivity index (χ4n) is 2.58. The molecule has 0 aliphatic rings. The molecule has 1 atom stereocenters. The van der Waals surface area contributed by atoms with Gasteiger partial charge in [0.2, 0.25) is 0 Å². The highest BCUT2D eigenvalue weighted by Gasteiger charge is 2.15. The van der Waals surface area contributed by atoms with Crippen LogP contribution in [0.3, 0.4) is 0 Å². The van der Waals surface area contributed by atoms with Gasteiger partial charge in [0.15, 0.2) is 6.10 Å². The molecule has 0 aliphatic heterocycles. The molecule has 1 N–H and O–H groups in total. The van der Waals surface area contributed by atoms with Crippen LogP contribution in [0.15, 0.2) is 36.5 Å². The van der Waals surface area contributed by atoms with Crippen molar-refractivity contribution in [3.63, 3.8) is 0 Å². The van der Waals surface area contributed by atoms with E-state index in [0.29, 0.717) is 17.3 Å². The third-order valence-corrected chi connectivity index (χ3v) is 4.41. The van der Waals surface area contributed by atoms with E-state index in [9.17, 15) is 4.79 Å². The predicted octanol–water partition coefficient (Wildman–Crippen LogP) is 3.97. The molecule has 1 aromatic heterocycles. The molecule has 2 aromatic rings. The number of carbonyl (C=O) groups excluding carboxylic acids is 1. The summed E-state index contributed by atoms with van der Waals surface area (Å²) >= 11 is 5.94. The van der Waals surface area contributed by atoms with Crippen LogP contribution in [0.5, 0.6) is 5.75 Å². The SMILES string of the molecule is CCN(CC)c1ccc(CNC(=O)[C@@H](C)Oc2ccc(Cl)cc2C)cn1. The second kappa shape index (κ2) is 9.43. The van der Waals surface area contributed by atoms with Crippen molar-refractivity contribution in [2.45, 2.75) is 40.3 Å². The Morgan fingerprint density at radius 1 is 1.27 bits per heavy atom. The number of nitrogens with zero attached hydrogens (tertiary/aromatic N) is 2. The Morgan fingerprint density at radius 2 is 2.00 bits per heavy atom. The van der Waals surface area contributed by atoms with Crippen molar-refractivity contribution in [3.05, 3.63) is 52.7 Å². The number of nitrogens with one attached hydrogen (secondary N) is 1. The van der Waals surface area contributed by atoms with Crippen LogP contribution in [-0.2, 0) is 11.3 Å². The summed E-state index contributed by atoms with van der Waals surface area (Å²) in [5, 5.41) is 3.53. The minimum absolute atomic E-state index is 0.174. The van der Waals surface area contributed by atoms with E-state index in [-0.39, 0.29) is 5.91 Å². The Kier molecular flexibility index (Phi) is 7.27. The van der Waals surface area contributed by atoms with Crippen molar-refractivity contribution >= 4 is 23.3 Å². The normalized spacial score (nSPS) is 11.7. The first-order valence-corrected chi connectivity index (χ1v) is 9.22. The topological polar surface area (TPSA) is 54.5 Å². The van der Waals surface area contributed by atoms with Gasteiger partial charge in [-0.2, -0.15) is 0 Å². The quantitative estimate of drug-likeness (QED) is 0.758. The predicted molar refractivity (Wildman–Crippen MR) is 106 cm³/mol. The minimum atomic E-state index is -0.599. The molecular weight excluding hydrogens is 350 g/mol. The Bertz CT molecular complexity index is 730. The second-order valence-electron chi connectivity index (χ2n) is 6.08. The summed E-state index contributed by atoms with van der Waals surface area (Å²) < 4.78 is 5.74. The summed E-state index contributed by atoms with van der Waals surface area (Å²) in [7, 11) is 0. The third-order valence-electron chi connectivity index (χ3n) is 4.17. The monoisotopic (exact) mass is 375 g/mol. The highest BCUT2D eigenvalue weighted by molar-refractivity contribution is 6.30. The Labute approximate surface area is 160 Å². The molecule has 0 bridgehead atoms. The number of hydrogen-bond donors (Lipinski definition) is 1. The number of anilines is 1. The molecule has 1 heterocycles. The molecule has 2 rings (SSSR count). The van der Waals surface area contributed by atoms with E-state index in [1.807, 2.05) is 25.1 Å². The molecule has 140 valence electrons. The first-order chi connectivity index (χ1) is 12.4. The third kappa shape index (κ3) is 5.36. The molecule has 1 aromatic carbocycles. The number of carbonyl (C=O) groups is 1. The Balaban J connectivity index is 1.89. The summed E-state index contributed by atoms with van der Waals surface area (Å²) in [6.45, 7) is 10.1. The first kappa shape index (κ1) is 20.0. The molecule has 5 nitrogen and oxygen atoms in total. The van der Waals surface area contributed by atoms with Gasteiger partial charge in [-0.25, -0.2) is 4.98 Å². The zero-order chi connectivity index (χ0) is 19.1. The molecule has 0 saturated carbocycles. The van der Waals surface area contributed by atoms with Gasteiger partial charge in [-0.3, -0.25) is 4.79 Å². The van der Waals surface area contributed by atoms with Crippen LogP contribution in [0, 0.1) is 6.92 Å². The number of hydrogen-bond acceptors (Lipinski definition) is 4. The summed E-state index contributed by atoms with van der Waals surface area (Å²) in [4.78, 5) is 18.9. The lowest BCUT2D eigenvalue weighted by Crippen LogP contribution is -2.36. The average molecular weight is 376 g/mol. The van der Waals surface area contributed by atoms with Gasteiger partial charge < -0.3 is 15.0 Å². The summed E-state index contributed by atoms with van der Waals surface area (Å²) in [6, 6.07) is 9.29. The fourth-order valence-corrected chi connectivity index (χ4v) is 2.80. The Hall–Kier alpha value is -2.27. The number of ether oxygens (including phenoxy) is 1. The lowest BCUT2D eigenvalue weighted by atomic mass is 10.2. The zero-order valence-electron chi connectivity index (χ0n) is 15.8. The van der Waals surface area contributed by atoms with Crippen molar-refractivity contribution in [3.8, 4) is 5.75 Å². The van der Waals surface area contributed by atoms with Gasteiger partial charge in [0, 0.05) is 30.9 Å². The number of aromatic nitrogens is 1. The van der Waals surface area contributed by atoms with Crippen LogP contribution >= 0.6 is 11.6 Å². The summed E-state index contributed by atoms with van der Waals surface area (Å²) in [6.07, 6.45) is 1.20. The molecule has 0 spiro atoms. The molecule has 0 radical (unpaired) electrons. The van der Waals surface area contributed by atoms with Gasteiger partial charge in [-0.1, -0.05) is 17.7 Å². The van der Waals surface area contributed by atoms with Crippen molar-refractivity contribution in [2.75, 3.05) is 18.0 Å². The largest absolute Gasteiger partial charge is 0.481 e. The van der Waals surface area contributed by atoms with Crippen LogP contribution in [0.2, 0.25) is 5.02 Å². The van der Waals surface area contributed by atoms with Crippen LogP contribution in [-0.4, -0.2) is 30.1 Å². The maximum Gasteiger partial charge on any atom is 0.261 e. The number of halogens is 1. The van der Waals surface area contributed by atoms with Gasteiger partial charge in [0.05, 0.1) is 0 Å². The number of aryl methyl sites for hydroxylation is 1. The minimum Gasteiger partial charge on any atom is -0.481 e. The maximum absolute atomic E-state index is 12.3. The van der Waals surface area contributed by atoms with E-state index < -0.39 is 6.10 Å². The zero-order valence-corrected chi connectivity index (χ0v) is 16.5. The van der Waals surface area contributed by atoms with E-state index >= 15 is 0 Å². The van der Waals surface area contributed by atoms with Crippen molar-refractivity contribution in [1.82, 2.24) is 10.3 Å². The number of benzene rings is 1. The molecule has 1 amide bonds. The summed E-state index contributed by atoms with van der Waals surface area (Å²) in [5.74, 6) is 1.43. The van der Waals surface area contributed by atoms with Gasteiger partial charge in [0.25, 0.3) is 5.91 Å². The first-order valence-electron chi connectivity index (χ1n) is 8.85. The van der Waals surface area contributed by atoms with E-state index in [1.165, 1.54) is 0 Å². The van der Waals surface area contributed by atoms with Crippen LogP contribution in [0.1, 0.15) is 31.9 Å². The van der Waals surface area contributed by atoms with Gasteiger partial charge in [0.1, 0.15) is 11.6 Å². The molecule has 0 aliphatic carbocycles. The molecule has 0 fully saturated rings. The van der Waals surface area contributed by atoms with Crippen LogP contribution in [0.25, 0.3) is 0 Å². The molecular formula is C20H26ClN3O2. The van der Waals surface area contributed by atoms with Gasteiger partial charge in [-0.15, -0.1) is 0 Å².